The Morgan fingerprint density at radius 2 is 1.87 bits per heavy atom. The van der Waals surface area contributed by atoms with Crippen molar-refractivity contribution >= 4 is 17.9 Å². The number of rotatable bonds is 6. The normalized spacial score (nSPS) is 23.3. The van der Waals surface area contributed by atoms with Gasteiger partial charge in [-0.05, 0) is 60.7 Å². The van der Waals surface area contributed by atoms with Crippen LogP contribution in [0.4, 0.5) is 4.79 Å². The van der Waals surface area contributed by atoms with Crippen molar-refractivity contribution in [2.75, 3.05) is 13.1 Å². The summed E-state index contributed by atoms with van der Waals surface area (Å²) in [5.74, 6) is -0.478. The van der Waals surface area contributed by atoms with Crippen molar-refractivity contribution < 1.29 is 19.1 Å². The molecule has 3 amide bonds. The van der Waals surface area contributed by atoms with Crippen LogP contribution in [-0.2, 0) is 20.9 Å². The Morgan fingerprint density at radius 1 is 1.13 bits per heavy atom. The predicted molar refractivity (Wildman–Crippen MR) is 109 cm³/mol. The highest BCUT2D eigenvalue weighted by molar-refractivity contribution is 5.86. The zero-order chi connectivity index (χ0) is 21.3. The van der Waals surface area contributed by atoms with E-state index in [0.717, 1.165) is 24.8 Å². The summed E-state index contributed by atoms with van der Waals surface area (Å²) in [5, 5.41) is 6.15. The number of likely N-dealkylation sites (tertiary alicyclic amines) is 1. The monoisotopic (exact) mass is 413 g/mol. The summed E-state index contributed by atoms with van der Waals surface area (Å²) in [7, 11) is 0. The van der Waals surface area contributed by atoms with Gasteiger partial charge in [-0.25, -0.2) is 4.79 Å². The summed E-state index contributed by atoms with van der Waals surface area (Å²) in [6.45, 7) is 1.21. The first-order valence-corrected chi connectivity index (χ1v) is 10.4. The third-order valence-electron chi connectivity index (χ3n) is 5.90. The summed E-state index contributed by atoms with van der Waals surface area (Å²) in [4.78, 5) is 40.8. The van der Waals surface area contributed by atoms with E-state index in [2.05, 4.69) is 15.3 Å². The zero-order valence-corrected chi connectivity index (χ0v) is 16.9. The third-order valence-corrected chi connectivity index (χ3v) is 5.90. The number of carbonyl (C=O) groups is 3. The number of nitrogens with zero attached hydrogens (tertiary/aromatic N) is 4. The number of nitrogens with one attached hydrogen (secondary N) is 1. The highest BCUT2D eigenvalue weighted by atomic mass is 16.6. The molecule has 1 N–H and O–H groups in total. The van der Waals surface area contributed by atoms with Gasteiger partial charge in [0, 0.05) is 23.9 Å². The molecular formula is C21H27N5O4. The Balaban J connectivity index is 1.43. The summed E-state index contributed by atoms with van der Waals surface area (Å²) in [6, 6.07) is 8.94. The molecule has 9 nitrogen and oxygen atoms in total. The molecule has 2 aliphatic rings. The molecule has 0 radical (unpaired) electrons. The Morgan fingerprint density at radius 3 is 2.57 bits per heavy atom. The molecule has 1 saturated heterocycles. The van der Waals surface area contributed by atoms with Gasteiger partial charge in [0.15, 0.2) is 0 Å². The van der Waals surface area contributed by atoms with Crippen LogP contribution in [0.5, 0.6) is 0 Å². The van der Waals surface area contributed by atoms with E-state index in [0.29, 0.717) is 32.4 Å². The van der Waals surface area contributed by atoms with Crippen LogP contribution in [0.15, 0.2) is 35.4 Å². The molecule has 1 saturated carbocycles. The first-order chi connectivity index (χ1) is 14.6. The minimum Gasteiger partial charge on any atom is -0.445 e. The standard InChI is InChI=1S/C21H27N5O4/c22-25-24-19(27)17-10-8-15(9-11-17)13-23-20(28)18-7-4-12-26(18)21(29)30-14-16-5-2-1-3-6-16/h1-3,5-6,15,17-18H,4,7-14H2,(H,23,28)/t15?,17?,18-/m0/s1. The van der Waals surface area contributed by atoms with Crippen LogP contribution < -0.4 is 5.32 Å². The van der Waals surface area contributed by atoms with Gasteiger partial charge in [-0.15, -0.1) is 0 Å². The number of azide groups is 1. The maximum atomic E-state index is 12.7. The van der Waals surface area contributed by atoms with Crippen LogP contribution in [0.1, 0.15) is 44.1 Å². The van der Waals surface area contributed by atoms with Crippen molar-refractivity contribution in [2.24, 2.45) is 17.0 Å². The van der Waals surface area contributed by atoms with Gasteiger partial charge in [0.05, 0.1) is 0 Å². The van der Waals surface area contributed by atoms with E-state index in [4.69, 9.17) is 10.3 Å². The van der Waals surface area contributed by atoms with Gasteiger partial charge >= 0.3 is 6.09 Å². The second kappa shape index (κ2) is 10.6. The fraction of sp³-hybridized carbons (Fsp3) is 0.571. The van der Waals surface area contributed by atoms with Gasteiger partial charge in [0.25, 0.3) is 0 Å². The molecule has 1 aliphatic carbocycles. The van der Waals surface area contributed by atoms with Crippen LogP contribution in [0, 0.1) is 11.8 Å². The highest BCUT2D eigenvalue weighted by Crippen LogP contribution is 2.29. The molecule has 0 aromatic heterocycles. The Kier molecular flexibility index (Phi) is 7.68. The Hall–Kier alpha value is -3.06. The van der Waals surface area contributed by atoms with Crippen LogP contribution >= 0.6 is 0 Å². The molecule has 0 bridgehead atoms. The van der Waals surface area contributed by atoms with Crippen LogP contribution in [0.25, 0.3) is 10.4 Å². The molecule has 3 rings (SSSR count). The van der Waals surface area contributed by atoms with Gasteiger partial charge in [-0.3, -0.25) is 14.5 Å². The lowest BCUT2D eigenvalue weighted by molar-refractivity contribution is -0.126. The quantitative estimate of drug-likeness (QED) is 0.435. The molecule has 1 heterocycles. The van der Waals surface area contributed by atoms with E-state index in [1.54, 1.807) is 0 Å². The van der Waals surface area contributed by atoms with Gasteiger partial charge in [0.2, 0.25) is 11.8 Å². The van der Waals surface area contributed by atoms with Crippen molar-refractivity contribution in [1.29, 1.82) is 0 Å². The van der Waals surface area contributed by atoms with E-state index in [1.165, 1.54) is 4.90 Å². The van der Waals surface area contributed by atoms with E-state index < -0.39 is 18.0 Å². The summed E-state index contributed by atoms with van der Waals surface area (Å²) < 4.78 is 5.38. The number of amides is 3. The molecule has 30 heavy (non-hydrogen) atoms. The van der Waals surface area contributed by atoms with Crippen LogP contribution in [0.3, 0.4) is 0 Å². The lowest BCUT2D eigenvalue weighted by atomic mass is 9.81. The molecule has 0 spiro atoms. The maximum Gasteiger partial charge on any atom is 0.410 e. The zero-order valence-electron chi connectivity index (χ0n) is 16.9. The maximum absolute atomic E-state index is 12.7. The molecular weight excluding hydrogens is 386 g/mol. The van der Waals surface area contributed by atoms with Crippen molar-refractivity contribution in [2.45, 2.75) is 51.2 Å². The molecule has 1 atom stereocenters. The van der Waals surface area contributed by atoms with Gasteiger partial charge in [-0.2, -0.15) is 0 Å². The smallest absolute Gasteiger partial charge is 0.410 e. The molecule has 0 unspecified atom stereocenters. The summed E-state index contributed by atoms with van der Waals surface area (Å²) in [5.41, 5.74) is 9.28. The van der Waals surface area contributed by atoms with Crippen molar-refractivity contribution in [3.63, 3.8) is 0 Å². The molecule has 2 fully saturated rings. The van der Waals surface area contributed by atoms with Gasteiger partial charge in [0.1, 0.15) is 12.6 Å². The Bertz CT molecular complexity index is 801. The fourth-order valence-electron chi connectivity index (χ4n) is 4.16. The number of hydrogen-bond acceptors (Lipinski definition) is 4. The average molecular weight is 413 g/mol. The van der Waals surface area contributed by atoms with Gasteiger partial charge in [-0.1, -0.05) is 30.3 Å². The molecule has 1 aliphatic heterocycles. The number of hydrogen-bond donors (Lipinski definition) is 1. The Labute approximate surface area is 175 Å². The molecule has 1 aromatic carbocycles. The fourth-order valence-corrected chi connectivity index (χ4v) is 4.16. The highest BCUT2D eigenvalue weighted by Gasteiger charge is 2.35. The van der Waals surface area contributed by atoms with E-state index in [9.17, 15) is 14.4 Å². The molecule has 9 heteroatoms. The molecule has 160 valence electrons. The van der Waals surface area contributed by atoms with E-state index in [-0.39, 0.29) is 24.3 Å². The van der Waals surface area contributed by atoms with E-state index in [1.807, 2.05) is 30.3 Å². The first kappa shape index (κ1) is 21.6. The van der Waals surface area contributed by atoms with Crippen LogP contribution in [-0.4, -0.2) is 41.9 Å². The summed E-state index contributed by atoms with van der Waals surface area (Å²) >= 11 is 0. The molecule has 1 aromatic rings. The SMILES string of the molecule is [N-]=[N+]=NC(=O)C1CCC(CNC(=O)[C@@H]2CCCN2C(=O)OCc2ccccc2)CC1. The second-order valence-electron chi connectivity index (χ2n) is 7.88. The number of ether oxygens (including phenoxy) is 1. The number of benzene rings is 1. The lowest BCUT2D eigenvalue weighted by Gasteiger charge is -2.28. The second-order valence-corrected chi connectivity index (χ2v) is 7.88. The largest absolute Gasteiger partial charge is 0.445 e. The average Bonchev–Trinajstić information content (AvgIpc) is 3.27. The summed E-state index contributed by atoms with van der Waals surface area (Å²) in [6.07, 6.45) is 3.86. The topological polar surface area (TPSA) is 124 Å². The third kappa shape index (κ3) is 5.73. The minimum absolute atomic E-state index is 0.156. The lowest BCUT2D eigenvalue weighted by Crippen LogP contribution is -2.47. The van der Waals surface area contributed by atoms with Gasteiger partial charge < -0.3 is 10.1 Å². The van der Waals surface area contributed by atoms with E-state index >= 15 is 0 Å². The van der Waals surface area contributed by atoms with Crippen molar-refractivity contribution in [3.8, 4) is 0 Å². The van der Waals surface area contributed by atoms with Crippen molar-refractivity contribution in [1.82, 2.24) is 10.2 Å². The van der Waals surface area contributed by atoms with Crippen LogP contribution in [0.2, 0.25) is 0 Å². The predicted octanol–water partition coefficient (Wildman–Crippen LogP) is 3.55. The number of carbonyl (C=O) groups excluding carboxylic acids is 3. The first-order valence-electron chi connectivity index (χ1n) is 10.4. The minimum atomic E-state index is -0.504. The van der Waals surface area contributed by atoms with Crippen molar-refractivity contribution in [3.05, 3.63) is 46.3 Å².